The lowest BCUT2D eigenvalue weighted by molar-refractivity contribution is 0.241. The largest absolute Gasteiger partial charge is 0.361 e. The van der Waals surface area contributed by atoms with Gasteiger partial charge in [-0.3, -0.25) is 14.7 Å². The molecule has 1 aromatic carbocycles. The quantitative estimate of drug-likeness (QED) is 0.634. The van der Waals surface area contributed by atoms with E-state index in [1.54, 1.807) is 0 Å². The standard InChI is InChI=1S/C17H18N4OS/c1-10-3-2-4-12-11(7-18-15(10)12)8-21-6-5-13-14(9-21)19-17(23)20-16(13)22/h2-4,7,18H,5-6,8-9H2,1H3,(H2,19,20,22,23). The van der Waals surface area contributed by atoms with E-state index < -0.39 is 0 Å². The molecule has 0 unspecified atom stereocenters. The number of nitrogens with one attached hydrogen (secondary N) is 3. The minimum atomic E-state index is -0.0499. The molecule has 6 heteroatoms. The molecule has 5 nitrogen and oxygen atoms in total. The highest BCUT2D eigenvalue weighted by atomic mass is 32.1. The third kappa shape index (κ3) is 2.54. The number of benzene rings is 1. The highest BCUT2D eigenvalue weighted by Crippen LogP contribution is 2.24. The van der Waals surface area contributed by atoms with Gasteiger partial charge < -0.3 is 9.97 Å². The first kappa shape index (κ1) is 14.4. The lowest BCUT2D eigenvalue weighted by atomic mass is 10.1. The minimum Gasteiger partial charge on any atom is -0.361 e. The van der Waals surface area contributed by atoms with Crippen molar-refractivity contribution in [3.05, 3.63) is 61.9 Å². The summed E-state index contributed by atoms with van der Waals surface area (Å²) in [6.07, 6.45) is 2.84. The first-order chi connectivity index (χ1) is 11.1. The van der Waals surface area contributed by atoms with Gasteiger partial charge in [-0.2, -0.15) is 0 Å². The Labute approximate surface area is 138 Å². The Balaban J connectivity index is 1.64. The van der Waals surface area contributed by atoms with Crippen LogP contribution < -0.4 is 5.56 Å². The van der Waals surface area contributed by atoms with Crippen LogP contribution in [0.4, 0.5) is 0 Å². The van der Waals surface area contributed by atoms with Crippen molar-refractivity contribution in [3.8, 4) is 0 Å². The summed E-state index contributed by atoms with van der Waals surface area (Å²) in [5.41, 5.74) is 5.48. The maximum Gasteiger partial charge on any atom is 0.255 e. The lowest BCUT2D eigenvalue weighted by Gasteiger charge is -2.27. The number of fused-ring (bicyclic) bond motifs is 2. The van der Waals surface area contributed by atoms with Gasteiger partial charge in [-0.1, -0.05) is 18.2 Å². The van der Waals surface area contributed by atoms with Crippen LogP contribution in [-0.4, -0.2) is 26.4 Å². The minimum absolute atomic E-state index is 0.0499. The number of para-hydroxylation sites is 1. The molecule has 23 heavy (non-hydrogen) atoms. The first-order valence-electron chi connectivity index (χ1n) is 7.74. The van der Waals surface area contributed by atoms with Crippen LogP contribution in [0.25, 0.3) is 10.9 Å². The molecule has 0 atom stereocenters. The molecule has 0 saturated heterocycles. The fourth-order valence-corrected chi connectivity index (χ4v) is 3.62. The predicted octanol–water partition coefficient (Wildman–Crippen LogP) is 2.78. The first-order valence-corrected chi connectivity index (χ1v) is 8.15. The number of H-pyrrole nitrogens is 3. The number of hydrogen-bond donors (Lipinski definition) is 3. The number of aromatic amines is 3. The number of aryl methyl sites for hydroxylation is 1. The van der Waals surface area contributed by atoms with Crippen molar-refractivity contribution >= 4 is 23.1 Å². The van der Waals surface area contributed by atoms with Crippen molar-refractivity contribution in [1.29, 1.82) is 0 Å². The number of hydrogen-bond acceptors (Lipinski definition) is 3. The van der Waals surface area contributed by atoms with E-state index in [1.165, 1.54) is 22.0 Å². The number of aromatic nitrogens is 3. The van der Waals surface area contributed by atoms with Crippen molar-refractivity contribution in [2.75, 3.05) is 6.54 Å². The van der Waals surface area contributed by atoms with Gasteiger partial charge in [-0.25, -0.2) is 0 Å². The second kappa shape index (κ2) is 5.47. The molecule has 0 amide bonds. The molecule has 0 radical (unpaired) electrons. The molecule has 0 bridgehead atoms. The van der Waals surface area contributed by atoms with Crippen molar-refractivity contribution in [3.63, 3.8) is 0 Å². The smallest absolute Gasteiger partial charge is 0.255 e. The van der Waals surface area contributed by atoms with Crippen LogP contribution in [0.1, 0.15) is 22.4 Å². The highest BCUT2D eigenvalue weighted by molar-refractivity contribution is 7.71. The molecule has 2 aromatic heterocycles. The molecule has 0 aliphatic carbocycles. The Morgan fingerprint density at radius 3 is 3.04 bits per heavy atom. The molecule has 0 fully saturated rings. The van der Waals surface area contributed by atoms with E-state index >= 15 is 0 Å². The van der Waals surface area contributed by atoms with E-state index in [0.717, 1.165) is 37.3 Å². The Bertz CT molecular complexity index is 998. The average molecular weight is 326 g/mol. The zero-order valence-corrected chi connectivity index (χ0v) is 13.7. The van der Waals surface area contributed by atoms with Gasteiger partial charge in [0.2, 0.25) is 0 Å². The van der Waals surface area contributed by atoms with Gasteiger partial charge in [-0.15, -0.1) is 0 Å². The molecule has 0 spiro atoms. The van der Waals surface area contributed by atoms with Gasteiger partial charge in [0, 0.05) is 48.0 Å². The number of rotatable bonds is 2. The second-order valence-corrected chi connectivity index (χ2v) is 6.55. The maximum atomic E-state index is 12.0. The third-order valence-corrected chi connectivity index (χ3v) is 4.80. The second-order valence-electron chi connectivity index (χ2n) is 6.14. The summed E-state index contributed by atoms with van der Waals surface area (Å²) in [6, 6.07) is 6.37. The summed E-state index contributed by atoms with van der Waals surface area (Å²) in [5.74, 6) is 0. The normalized spacial score (nSPS) is 15.0. The fourth-order valence-electron chi connectivity index (χ4n) is 3.40. The van der Waals surface area contributed by atoms with Crippen LogP contribution >= 0.6 is 12.2 Å². The summed E-state index contributed by atoms with van der Waals surface area (Å²) in [5, 5.41) is 1.27. The Kier molecular flexibility index (Phi) is 3.43. The van der Waals surface area contributed by atoms with Gasteiger partial charge >= 0.3 is 0 Å². The van der Waals surface area contributed by atoms with Crippen LogP contribution in [-0.2, 0) is 19.5 Å². The van der Waals surface area contributed by atoms with E-state index in [1.807, 2.05) is 0 Å². The summed E-state index contributed by atoms with van der Waals surface area (Å²) in [4.78, 5) is 23.5. The molecule has 3 heterocycles. The fraction of sp³-hybridized carbons (Fsp3) is 0.294. The van der Waals surface area contributed by atoms with Gasteiger partial charge in [-0.05, 0) is 36.7 Å². The summed E-state index contributed by atoms with van der Waals surface area (Å²) in [7, 11) is 0. The van der Waals surface area contributed by atoms with E-state index in [-0.39, 0.29) is 5.56 Å². The van der Waals surface area contributed by atoms with Crippen molar-refractivity contribution in [2.24, 2.45) is 0 Å². The highest BCUT2D eigenvalue weighted by Gasteiger charge is 2.20. The van der Waals surface area contributed by atoms with Crippen LogP contribution in [0.2, 0.25) is 0 Å². The van der Waals surface area contributed by atoms with E-state index in [9.17, 15) is 4.79 Å². The molecular formula is C17H18N4OS. The molecule has 1 aliphatic heterocycles. The summed E-state index contributed by atoms with van der Waals surface area (Å²) < 4.78 is 0.401. The lowest BCUT2D eigenvalue weighted by Crippen LogP contribution is -2.34. The Morgan fingerprint density at radius 1 is 1.30 bits per heavy atom. The van der Waals surface area contributed by atoms with E-state index in [0.29, 0.717) is 4.77 Å². The zero-order chi connectivity index (χ0) is 16.0. The molecule has 0 saturated carbocycles. The molecule has 1 aliphatic rings. The van der Waals surface area contributed by atoms with Crippen molar-refractivity contribution in [2.45, 2.75) is 26.4 Å². The van der Waals surface area contributed by atoms with E-state index in [4.69, 9.17) is 12.2 Å². The van der Waals surface area contributed by atoms with Crippen molar-refractivity contribution < 1.29 is 0 Å². The monoisotopic (exact) mass is 326 g/mol. The maximum absolute atomic E-state index is 12.0. The SMILES string of the molecule is Cc1cccc2c(CN3CCc4c([nH]c(=S)[nH]c4=O)C3)c[nH]c12. The third-order valence-electron chi connectivity index (χ3n) is 4.59. The molecular weight excluding hydrogens is 308 g/mol. The molecule has 3 aromatic rings. The van der Waals surface area contributed by atoms with Gasteiger partial charge in [0.05, 0.1) is 0 Å². The molecule has 118 valence electrons. The molecule has 4 rings (SSSR count). The Hall–Kier alpha value is -2.18. The molecule has 3 N–H and O–H groups in total. The van der Waals surface area contributed by atoms with Crippen LogP contribution in [0.15, 0.2) is 29.2 Å². The number of nitrogens with zero attached hydrogens (tertiary/aromatic N) is 1. The van der Waals surface area contributed by atoms with Crippen molar-refractivity contribution in [1.82, 2.24) is 19.9 Å². The van der Waals surface area contributed by atoms with Gasteiger partial charge in [0.15, 0.2) is 4.77 Å². The van der Waals surface area contributed by atoms with E-state index in [2.05, 4.69) is 51.2 Å². The average Bonchev–Trinajstić information content (AvgIpc) is 2.91. The van der Waals surface area contributed by atoms with Crippen LogP contribution in [0.5, 0.6) is 0 Å². The van der Waals surface area contributed by atoms with Crippen LogP contribution in [0, 0.1) is 11.7 Å². The summed E-state index contributed by atoms with van der Waals surface area (Å²) in [6.45, 7) is 4.57. The topological polar surface area (TPSA) is 67.7 Å². The van der Waals surface area contributed by atoms with Gasteiger partial charge in [0.25, 0.3) is 5.56 Å². The predicted molar refractivity (Wildman–Crippen MR) is 93.1 cm³/mol. The van der Waals surface area contributed by atoms with Crippen LogP contribution in [0.3, 0.4) is 0 Å². The Morgan fingerprint density at radius 2 is 2.17 bits per heavy atom. The summed E-state index contributed by atoms with van der Waals surface area (Å²) >= 11 is 5.08. The van der Waals surface area contributed by atoms with Gasteiger partial charge in [0.1, 0.15) is 0 Å². The zero-order valence-electron chi connectivity index (χ0n) is 12.9.